The first kappa shape index (κ1) is 41.3. The number of hydrogen-bond acceptors (Lipinski definition) is 13. The van der Waals surface area contributed by atoms with Crippen molar-refractivity contribution in [2.45, 2.75) is 59.2 Å². The number of hydrogen-bond donors (Lipinski definition) is 1. The average molecular weight is 741 g/mol. The van der Waals surface area contributed by atoms with E-state index in [0.717, 1.165) is 22.6 Å². The van der Waals surface area contributed by atoms with E-state index in [1.807, 2.05) is 37.3 Å². The smallest absolute Gasteiger partial charge is 0.416 e. The second-order valence-corrected chi connectivity index (χ2v) is 11.5. The van der Waals surface area contributed by atoms with E-state index >= 15 is 0 Å². The molecule has 0 aliphatic carbocycles. The fourth-order valence-corrected chi connectivity index (χ4v) is 4.89. The highest BCUT2D eigenvalue weighted by atomic mass is 32.2. The van der Waals surface area contributed by atoms with Crippen LogP contribution in [0.4, 0.5) is 4.79 Å². The van der Waals surface area contributed by atoms with Gasteiger partial charge >= 0.3 is 18.0 Å². The molecule has 1 N–H and O–H groups in total. The minimum atomic E-state index is -1.14. The third-order valence-electron chi connectivity index (χ3n) is 7.45. The van der Waals surface area contributed by atoms with Crippen LogP contribution in [0.2, 0.25) is 0 Å². The van der Waals surface area contributed by atoms with E-state index in [1.165, 1.54) is 26.0 Å². The lowest BCUT2D eigenvalue weighted by Crippen LogP contribution is -2.46. The summed E-state index contributed by atoms with van der Waals surface area (Å²) in [5.41, 5.74) is 2.48. The van der Waals surface area contributed by atoms with Gasteiger partial charge in [0.2, 0.25) is 5.89 Å². The van der Waals surface area contributed by atoms with Crippen molar-refractivity contribution in [3.63, 3.8) is 0 Å². The van der Waals surface area contributed by atoms with Crippen molar-refractivity contribution in [1.82, 2.24) is 9.88 Å². The maximum absolute atomic E-state index is 13.1. The molecule has 52 heavy (non-hydrogen) atoms. The molecule has 3 atom stereocenters. The van der Waals surface area contributed by atoms with Gasteiger partial charge in [-0.05, 0) is 88.7 Å². The van der Waals surface area contributed by atoms with Crippen LogP contribution in [0.25, 0.3) is 11.5 Å². The van der Waals surface area contributed by atoms with Gasteiger partial charge in [0.1, 0.15) is 29.1 Å². The number of carboxylic acid groups (broad SMARTS) is 1. The van der Waals surface area contributed by atoms with Crippen molar-refractivity contribution >= 4 is 30.4 Å². The number of nitrogens with zero attached hydrogens (tertiary/aromatic N) is 2. The summed E-state index contributed by atoms with van der Waals surface area (Å²) in [5, 5.41) is 9.65. The fraction of sp³-hybridized carbons (Fsp3) is 0.351. The van der Waals surface area contributed by atoms with Crippen molar-refractivity contribution in [2.24, 2.45) is 0 Å². The van der Waals surface area contributed by atoms with Gasteiger partial charge in [-0.3, -0.25) is 9.08 Å². The molecule has 14 nitrogen and oxygen atoms in total. The monoisotopic (exact) mass is 740 g/mol. The molecule has 280 valence electrons. The summed E-state index contributed by atoms with van der Waals surface area (Å²) in [5.74, 6) is 1.29. The lowest BCUT2D eigenvalue weighted by atomic mass is 10.1. The second-order valence-electron chi connectivity index (χ2n) is 11.0. The molecule has 3 aromatic carbocycles. The Hall–Kier alpha value is -5.09. The van der Waals surface area contributed by atoms with Gasteiger partial charge < -0.3 is 28.5 Å². The summed E-state index contributed by atoms with van der Waals surface area (Å²) in [6, 6.07) is 21.7. The standard InChI is InChI=1S/C31H32N2O7.C6H12O5S/c1-20(33(21(2)30(34)35)31(36)40-27-16-14-25(37-4)15-17-27)23-10-12-26(13-11-23)38-19-18-28-22(3)39-29(32-28)24-8-6-5-7-9-24;1-4-9-6(7)5(2)10-12-11-8-3/h5-17,20-21H,18-19H2,1-4H3,(H,34,35);5H,4H2,1-3H3/t20-,21+;5-/m11/s1. The number of carbonyl (C=O) groups excluding carboxylic acids is 2. The molecule has 15 heteroatoms. The fourth-order valence-electron chi connectivity index (χ4n) is 4.60. The lowest BCUT2D eigenvalue weighted by molar-refractivity contribution is -0.170. The van der Waals surface area contributed by atoms with Crippen LogP contribution >= 0.6 is 12.3 Å². The van der Waals surface area contributed by atoms with E-state index in [-0.39, 0.29) is 5.75 Å². The van der Waals surface area contributed by atoms with Crippen molar-refractivity contribution in [3.05, 3.63) is 95.9 Å². The first-order valence-corrected chi connectivity index (χ1v) is 17.0. The minimum absolute atomic E-state index is 0.280. The van der Waals surface area contributed by atoms with E-state index in [4.69, 9.17) is 22.8 Å². The zero-order valence-electron chi connectivity index (χ0n) is 30.1. The summed E-state index contributed by atoms with van der Waals surface area (Å²) in [6.45, 7) is 9.10. The molecule has 4 aromatic rings. The Morgan fingerprint density at radius 2 is 1.54 bits per heavy atom. The highest BCUT2D eigenvalue weighted by molar-refractivity contribution is 7.89. The zero-order chi connectivity index (χ0) is 38.0. The number of carboxylic acids is 1. The molecular weight excluding hydrogens is 696 g/mol. The quantitative estimate of drug-likeness (QED) is 0.0374. The van der Waals surface area contributed by atoms with Crippen LogP contribution < -0.4 is 14.2 Å². The van der Waals surface area contributed by atoms with E-state index in [0.29, 0.717) is 49.3 Å². The summed E-state index contributed by atoms with van der Waals surface area (Å²) >= 11 is 0.592. The molecule has 1 heterocycles. The number of methoxy groups -OCH3 is 1. The van der Waals surface area contributed by atoms with Crippen molar-refractivity contribution in [1.29, 1.82) is 0 Å². The van der Waals surface area contributed by atoms with Gasteiger partial charge in [-0.2, -0.15) is 0 Å². The van der Waals surface area contributed by atoms with Crippen LogP contribution in [0.5, 0.6) is 17.2 Å². The van der Waals surface area contributed by atoms with Gasteiger partial charge in [0.25, 0.3) is 0 Å². The molecule has 0 saturated heterocycles. The van der Waals surface area contributed by atoms with Crippen LogP contribution in [-0.2, 0) is 34.2 Å². The summed E-state index contributed by atoms with van der Waals surface area (Å²) in [7, 11) is 2.87. The minimum Gasteiger partial charge on any atom is -0.497 e. The van der Waals surface area contributed by atoms with E-state index in [9.17, 15) is 19.5 Å². The van der Waals surface area contributed by atoms with Gasteiger partial charge in [0.15, 0.2) is 18.4 Å². The maximum Gasteiger partial charge on any atom is 0.416 e. The number of amides is 1. The van der Waals surface area contributed by atoms with Crippen LogP contribution in [0.15, 0.2) is 83.3 Å². The SMILES string of the molecule is CCOC(=O)[C@@H](C)OSOOC.COc1ccc(OC(=O)N([C@H](C)c2ccc(OCCc3nc(-c4ccccc4)oc3C)cc2)[C@@H](C)C(=O)O)cc1. The van der Waals surface area contributed by atoms with Gasteiger partial charge in [-0.1, -0.05) is 30.3 Å². The molecule has 0 aliphatic rings. The molecule has 0 spiro atoms. The van der Waals surface area contributed by atoms with Crippen molar-refractivity contribution in [2.75, 3.05) is 27.4 Å². The second kappa shape index (κ2) is 21.3. The van der Waals surface area contributed by atoms with E-state index in [2.05, 4.69) is 18.9 Å². The number of rotatable bonds is 17. The molecule has 1 aromatic heterocycles. The number of aryl methyl sites for hydroxylation is 1. The number of oxazole rings is 1. The van der Waals surface area contributed by atoms with Gasteiger partial charge in [0, 0.05) is 12.0 Å². The third kappa shape index (κ3) is 12.6. The number of carbonyl (C=O) groups is 3. The zero-order valence-corrected chi connectivity index (χ0v) is 30.9. The lowest BCUT2D eigenvalue weighted by Gasteiger charge is -2.31. The van der Waals surface area contributed by atoms with Gasteiger partial charge in [-0.15, -0.1) is 4.33 Å². The van der Waals surface area contributed by atoms with Crippen LogP contribution in [0.1, 0.15) is 50.8 Å². The summed E-state index contributed by atoms with van der Waals surface area (Å²) in [6.07, 6.45) is -0.864. The van der Waals surface area contributed by atoms with E-state index in [1.54, 1.807) is 69.3 Å². The molecule has 0 fully saturated rings. The Labute approximate surface area is 307 Å². The average Bonchev–Trinajstić information content (AvgIpc) is 3.52. The highest BCUT2D eigenvalue weighted by Crippen LogP contribution is 2.28. The first-order chi connectivity index (χ1) is 25.0. The Kier molecular flexibility index (Phi) is 16.9. The highest BCUT2D eigenvalue weighted by Gasteiger charge is 2.32. The predicted molar refractivity (Wildman–Crippen MR) is 192 cm³/mol. The summed E-state index contributed by atoms with van der Waals surface area (Å²) < 4.78 is 36.1. The predicted octanol–water partition coefficient (Wildman–Crippen LogP) is 7.41. The largest absolute Gasteiger partial charge is 0.497 e. The molecule has 0 bridgehead atoms. The first-order valence-electron chi connectivity index (χ1n) is 16.3. The number of aromatic nitrogens is 1. The third-order valence-corrected chi connectivity index (χ3v) is 8.01. The van der Waals surface area contributed by atoms with Crippen molar-refractivity contribution in [3.8, 4) is 28.7 Å². The topological polar surface area (TPSA) is 165 Å². The molecule has 0 unspecified atom stereocenters. The van der Waals surface area contributed by atoms with Crippen LogP contribution in [-0.4, -0.2) is 72.6 Å². The Balaban J connectivity index is 0.000000521. The number of benzene rings is 3. The Morgan fingerprint density at radius 3 is 2.13 bits per heavy atom. The molecular formula is C37H44N2O12S. The van der Waals surface area contributed by atoms with Crippen molar-refractivity contribution < 1.29 is 56.3 Å². The van der Waals surface area contributed by atoms with E-state index < -0.39 is 36.2 Å². The number of esters is 1. The van der Waals surface area contributed by atoms with Gasteiger partial charge in [-0.25, -0.2) is 24.3 Å². The van der Waals surface area contributed by atoms with Crippen LogP contribution in [0.3, 0.4) is 0 Å². The molecule has 0 saturated carbocycles. The maximum atomic E-state index is 13.1. The molecule has 0 aliphatic heterocycles. The Morgan fingerprint density at radius 1 is 0.904 bits per heavy atom. The Bertz CT molecular complexity index is 1680. The molecule has 1 amide bonds. The molecule has 0 radical (unpaired) electrons. The molecule has 4 rings (SSSR count). The van der Waals surface area contributed by atoms with Crippen LogP contribution in [0, 0.1) is 6.92 Å². The number of ether oxygens (including phenoxy) is 4. The van der Waals surface area contributed by atoms with Gasteiger partial charge in [0.05, 0.1) is 39.2 Å². The summed E-state index contributed by atoms with van der Waals surface area (Å²) in [4.78, 5) is 45.8. The normalized spacial score (nSPS) is 12.4. The number of aliphatic carboxylic acids is 1.